The number of carbonyl (C=O) groups is 2. The van der Waals surface area contributed by atoms with Gasteiger partial charge in [-0.25, -0.2) is 0 Å². The van der Waals surface area contributed by atoms with Gasteiger partial charge in [-0.15, -0.1) is 0 Å². The fourth-order valence-electron chi connectivity index (χ4n) is 3.03. The first-order valence-corrected chi connectivity index (χ1v) is 9.15. The van der Waals surface area contributed by atoms with E-state index in [2.05, 4.69) is 10.6 Å². The van der Waals surface area contributed by atoms with Gasteiger partial charge in [0, 0.05) is 12.6 Å². The molecule has 2 aromatic rings. The second-order valence-corrected chi connectivity index (χ2v) is 6.60. The highest BCUT2D eigenvalue weighted by Gasteiger charge is 2.21. The van der Waals surface area contributed by atoms with Crippen LogP contribution in [0, 0.1) is 0 Å². The summed E-state index contributed by atoms with van der Waals surface area (Å²) in [7, 11) is 0. The highest BCUT2D eigenvalue weighted by Crippen LogP contribution is 2.21. The van der Waals surface area contributed by atoms with Gasteiger partial charge in [-0.05, 0) is 31.0 Å². The minimum absolute atomic E-state index is 0.0506. The molecule has 2 atom stereocenters. The third-order valence-electron chi connectivity index (χ3n) is 4.48. The summed E-state index contributed by atoms with van der Waals surface area (Å²) < 4.78 is 5.76. The molecule has 2 N–H and O–H groups in total. The molecule has 5 heteroatoms. The number of nitrogens with one attached hydrogen (secondary N) is 2. The van der Waals surface area contributed by atoms with E-state index in [-0.39, 0.29) is 23.8 Å². The predicted molar refractivity (Wildman–Crippen MR) is 105 cm³/mol. The van der Waals surface area contributed by atoms with Gasteiger partial charge in [-0.1, -0.05) is 54.6 Å². The zero-order valence-corrected chi connectivity index (χ0v) is 15.4. The SMILES string of the molecule is C[C@H]1CNC(=O)C(c2ccccc2)C/C=C/COc2ccccc2C(=O)N1. The van der Waals surface area contributed by atoms with E-state index in [0.717, 1.165) is 5.56 Å². The highest BCUT2D eigenvalue weighted by atomic mass is 16.5. The smallest absolute Gasteiger partial charge is 0.255 e. The van der Waals surface area contributed by atoms with Crippen molar-refractivity contribution in [2.45, 2.75) is 25.3 Å². The highest BCUT2D eigenvalue weighted by molar-refractivity contribution is 5.97. The van der Waals surface area contributed by atoms with Crippen LogP contribution >= 0.6 is 0 Å². The Morgan fingerprint density at radius 2 is 1.70 bits per heavy atom. The molecule has 0 spiro atoms. The van der Waals surface area contributed by atoms with Crippen molar-refractivity contribution >= 4 is 11.8 Å². The van der Waals surface area contributed by atoms with E-state index in [0.29, 0.717) is 30.9 Å². The second-order valence-electron chi connectivity index (χ2n) is 6.60. The third-order valence-corrected chi connectivity index (χ3v) is 4.48. The molecule has 0 bridgehead atoms. The molecule has 140 valence electrons. The van der Waals surface area contributed by atoms with Crippen molar-refractivity contribution in [3.8, 4) is 5.75 Å². The molecule has 1 aliphatic rings. The first-order valence-electron chi connectivity index (χ1n) is 9.15. The van der Waals surface area contributed by atoms with Crippen molar-refractivity contribution in [3.63, 3.8) is 0 Å². The number of hydrogen-bond donors (Lipinski definition) is 2. The van der Waals surface area contributed by atoms with Crippen LogP contribution in [0.3, 0.4) is 0 Å². The van der Waals surface area contributed by atoms with Crippen LogP contribution in [0.4, 0.5) is 0 Å². The van der Waals surface area contributed by atoms with Crippen molar-refractivity contribution in [1.29, 1.82) is 0 Å². The lowest BCUT2D eigenvalue weighted by molar-refractivity contribution is -0.122. The molecule has 2 amide bonds. The van der Waals surface area contributed by atoms with Crippen LogP contribution in [0.2, 0.25) is 0 Å². The molecule has 1 unspecified atom stereocenters. The van der Waals surface area contributed by atoms with Gasteiger partial charge in [0.15, 0.2) is 0 Å². The molecule has 1 heterocycles. The predicted octanol–water partition coefficient (Wildman–Crippen LogP) is 3.04. The molecular weight excluding hydrogens is 340 g/mol. The summed E-state index contributed by atoms with van der Waals surface area (Å²) in [6.45, 7) is 2.56. The Morgan fingerprint density at radius 3 is 2.52 bits per heavy atom. The molecule has 0 aliphatic carbocycles. The van der Waals surface area contributed by atoms with Crippen molar-refractivity contribution in [1.82, 2.24) is 10.6 Å². The minimum Gasteiger partial charge on any atom is -0.489 e. The second kappa shape index (κ2) is 9.03. The van der Waals surface area contributed by atoms with Crippen LogP contribution in [0.25, 0.3) is 0 Å². The van der Waals surface area contributed by atoms with E-state index < -0.39 is 0 Å². The van der Waals surface area contributed by atoms with Gasteiger partial charge in [0.05, 0.1) is 11.5 Å². The van der Waals surface area contributed by atoms with Gasteiger partial charge < -0.3 is 15.4 Å². The number of rotatable bonds is 1. The maximum atomic E-state index is 12.7. The number of para-hydroxylation sites is 1. The summed E-state index contributed by atoms with van der Waals surface area (Å²) in [5, 5.41) is 5.87. The number of hydrogen-bond acceptors (Lipinski definition) is 3. The maximum Gasteiger partial charge on any atom is 0.255 e. The summed E-state index contributed by atoms with van der Waals surface area (Å²) in [6.07, 6.45) is 4.42. The van der Waals surface area contributed by atoms with E-state index in [4.69, 9.17) is 4.74 Å². The van der Waals surface area contributed by atoms with Crippen molar-refractivity contribution in [3.05, 3.63) is 77.9 Å². The zero-order chi connectivity index (χ0) is 19.1. The molecule has 0 fully saturated rings. The van der Waals surface area contributed by atoms with E-state index >= 15 is 0 Å². The lowest BCUT2D eigenvalue weighted by Gasteiger charge is -2.20. The van der Waals surface area contributed by atoms with Gasteiger partial charge in [-0.3, -0.25) is 9.59 Å². The number of benzene rings is 2. The summed E-state index contributed by atoms with van der Waals surface area (Å²) in [6, 6.07) is 16.7. The van der Waals surface area contributed by atoms with Crippen molar-refractivity contribution in [2.75, 3.05) is 13.2 Å². The molecular formula is C22H24N2O3. The monoisotopic (exact) mass is 364 g/mol. The number of fused-ring (bicyclic) bond motifs is 1. The molecule has 3 rings (SSSR count). The molecule has 5 nitrogen and oxygen atoms in total. The Hall–Kier alpha value is -3.08. The fraction of sp³-hybridized carbons (Fsp3) is 0.273. The van der Waals surface area contributed by atoms with Crippen LogP contribution in [-0.4, -0.2) is 31.0 Å². The van der Waals surface area contributed by atoms with E-state index in [1.54, 1.807) is 18.2 Å². The summed E-state index contributed by atoms with van der Waals surface area (Å²) in [4.78, 5) is 25.3. The molecule has 0 radical (unpaired) electrons. The van der Waals surface area contributed by atoms with Gasteiger partial charge in [0.1, 0.15) is 12.4 Å². The van der Waals surface area contributed by atoms with E-state index in [9.17, 15) is 9.59 Å². The summed E-state index contributed by atoms with van der Waals surface area (Å²) in [5.41, 5.74) is 1.46. The Bertz CT molecular complexity index is 817. The largest absolute Gasteiger partial charge is 0.489 e. The van der Waals surface area contributed by atoms with Crippen LogP contribution in [-0.2, 0) is 4.79 Å². The number of carbonyl (C=O) groups excluding carboxylic acids is 2. The van der Waals surface area contributed by atoms with Gasteiger partial charge >= 0.3 is 0 Å². The Morgan fingerprint density at radius 1 is 0.963 bits per heavy atom. The average Bonchev–Trinajstić information content (AvgIpc) is 2.69. The van der Waals surface area contributed by atoms with Crippen molar-refractivity contribution < 1.29 is 14.3 Å². The van der Waals surface area contributed by atoms with E-state index in [1.165, 1.54) is 0 Å². The van der Waals surface area contributed by atoms with Crippen LogP contribution < -0.4 is 15.4 Å². The molecule has 1 aliphatic heterocycles. The number of amides is 2. The van der Waals surface area contributed by atoms with Crippen LogP contribution in [0.15, 0.2) is 66.7 Å². The first kappa shape index (κ1) is 18.7. The Kier molecular flexibility index (Phi) is 6.26. The molecule has 0 saturated carbocycles. The molecule has 0 aromatic heterocycles. The minimum atomic E-state index is -0.277. The van der Waals surface area contributed by atoms with Gasteiger partial charge in [-0.2, -0.15) is 0 Å². The zero-order valence-electron chi connectivity index (χ0n) is 15.4. The lowest BCUT2D eigenvalue weighted by atomic mass is 9.94. The average molecular weight is 364 g/mol. The molecule has 0 saturated heterocycles. The normalized spacial score (nSPS) is 22.4. The lowest BCUT2D eigenvalue weighted by Crippen LogP contribution is -2.43. The number of allylic oxidation sites excluding steroid dienone is 1. The number of ether oxygens (including phenoxy) is 1. The van der Waals surface area contributed by atoms with Gasteiger partial charge in [0.25, 0.3) is 5.91 Å². The summed E-state index contributed by atoms with van der Waals surface area (Å²) >= 11 is 0. The standard InChI is InChI=1S/C22H24N2O3/c1-16-15-23-21(25)18(17-9-3-2-4-10-17)11-7-8-14-27-20-13-6-5-12-19(20)22(26)24-16/h2-10,12-13,16,18H,11,14-15H2,1H3,(H,23,25)(H,24,26)/b8-7+/t16-,18?/m0/s1. The quantitative estimate of drug-likeness (QED) is 0.765. The maximum absolute atomic E-state index is 12.7. The Labute approximate surface area is 159 Å². The van der Waals surface area contributed by atoms with E-state index in [1.807, 2.05) is 55.5 Å². The van der Waals surface area contributed by atoms with Crippen LogP contribution in [0.1, 0.15) is 35.2 Å². The van der Waals surface area contributed by atoms with Crippen LogP contribution in [0.5, 0.6) is 5.75 Å². The summed E-state index contributed by atoms with van der Waals surface area (Å²) in [5.74, 6) is 0.00598. The first-order chi connectivity index (χ1) is 13.1. The molecule has 2 aromatic carbocycles. The van der Waals surface area contributed by atoms with Gasteiger partial charge in [0.2, 0.25) is 5.91 Å². The fourth-order valence-corrected chi connectivity index (χ4v) is 3.03. The third kappa shape index (κ3) is 4.97. The topological polar surface area (TPSA) is 67.4 Å². The van der Waals surface area contributed by atoms with Crippen molar-refractivity contribution in [2.24, 2.45) is 0 Å². The molecule has 27 heavy (non-hydrogen) atoms. The Balaban J connectivity index is 1.82.